The average Bonchev–Trinajstić information content (AvgIpc) is 2.92. The highest BCUT2D eigenvalue weighted by Crippen LogP contribution is 2.33. The van der Waals surface area contributed by atoms with Gasteiger partial charge in [0.15, 0.2) is 0 Å². The summed E-state index contributed by atoms with van der Waals surface area (Å²) in [6.45, 7) is 0. The molecule has 112 valence electrons. The predicted octanol–water partition coefficient (Wildman–Crippen LogP) is 2.49. The Morgan fingerprint density at radius 1 is 1.18 bits per heavy atom. The van der Waals surface area contributed by atoms with E-state index in [1.54, 1.807) is 18.2 Å². The van der Waals surface area contributed by atoms with Crippen molar-refractivity contribution in [3.05, 3.63) is 54.2 Å². The number of rotatable bonds is 4. The summed E-state index contributed by atoms with van der Waals surface area (Å²) in [5.74, 6) is -0.911. The Labute approximate surface area is 127 Å². The van der Waals surface area contributed by atoms with Gasteiger partial charge in [0.25, 0.3) is 0 Å². The van der Waals surface area contributed by atoms with Crippen LogP contribution in [0.3, 0.4) is 0 Å². The summed E-state index contributed by atoms with van der Waals surface area (Å²) in [5, 5.41) is 19.8. The van der Waals surface area contributed by atoms with E-state index in [1.807, 2.05) is 30.5 Å². The molecule has 0 saturated carbocycles. The lowest BCUT2D eigenvalue weighted by molar-refractivity contribution is -0.138. The van der Waals surface area contributed by atoms with Crippen LogP contribution >= 0.6 is 0 Å². The van der Waals surface area contributed by atoms with Crippen molar-refractivity contribution in [2.75, 3.05) is 0 Å². The van der Waals surface area contributed by atoms with Crippen LogP contribution in [0.5, 0.6) is 5.75 Å². The van der Waals surface area contributed by atoms with Crippen LogP contribution in [-0.4, -0.2) is 27.2 Å². The normalized spacial score (nSPS) is 12.4. The van der Waals surface area contributed by atoms with Gasteiger partial charge < -0.3 is 20.9 Å². The van der Waals surface area contributed by atoms with Gasteiger partial charge in [0.2, 0.25) is 0 Å². The molecule has 3 aromatic rings. The zero-order chi connectivity index (χ0) is 15.7. The van der Waals surface area contributed by atoms with Gasteiger partial charge >= 0.3 is 5.97 Å². The van der Waals surface area contributed by atoms with Crippen molar-refractivity contribution in [1.82, 2.24) is 4.98 Å². The van der Waals surface area contributed by atoms with E-state index >= 15 is 0 Å². The summed E-state index contributed by atoms with van der Waals surface area (Å²) >= 11 is 0. The molecule has 5 N–H and O–H groups in total. The zero-order valence-electron chi connectivity index (χ0n) is 11.8. The molecule has 1 atom stereocenters. The number of phenolic OH excluding ortho intramolecular Hbond substituents is 1. The number of aliphatic carboxylic acids is 1. The molecule has 5 nitrogen and oxygen atoms in total. The van der Waals surface area contributed by atoms with Crippen LogP contribution in [0, 0.1) is 0 Å². The number of aromatic nitrogens is 1. The summed E-state index contributed by atoms with van der Waals surface area (Å²) in [7, 11) is 0. The van der Waals surface area contributed by atoms with Gasteiger partial charge in [-0.2, -0.15) is 0 Å². The molecule has 0 aliphatic heterocycles. The first kappa shape index (κ1) is 14.2. The highest BCUT2D eigenvalue weighted by molar-refractivity contribution is 5.96. The van der Waals surface area contributed by atoms with E-state index in [0.29, 0.717) is 0 Å². The second kappa shape index (κ2) is 5.54. The molecule has 1 aromatic heterocycles. The van der Waals surface area contributed by atoms with Crippen LogP contribution in [0.25, 0.3) is 22.0 Å². The van der Waals surface area contributed by atoms with Crippen LogP contribution < -0.4 is 5.73 Å². The SMILES string of the molecule is NC(Cc1ccc(O)cc1-c1c[nH]c2ccccc12)C(=O)O. The Morgan fingerprint density at radius 2 is 1.95 bits per heavy atom. The molecule has 5 heteroatoms. The lowest BCUT2D eigenvalue weighted by Crippen LogP contribution is -2.32. The first-order chi connectivity index (χ1) is 10.6. The topological polar surface area (TPSA) is 99.3 Å². The first-order valence-electron chi connectivity index (χ1n) is 6.93. The molecule has 0 fully saturated rings. The summed E-state index contributed by atoms with van der Waals surface area (Å²) in [4.78, 5) is 14.2. The van der Waals surface area contributed by atoms with Gasteiger partial charge in [-0.05, 0) is 35.7 Å². The molecular weight excluding hydrogens is 280 g/mol. The van der Waals surface area contributed by atoms with Crippen molar-refractivity contribution in [2.24, 2.45) is 5.73 Å². The van der Waals surface area contributed by atoms with Crippen LogP contribution in [-0.2, 0) is 11.2 Å². The molecule has 0 bridgehead atoms. The quantitative estimate of drug-likeness (QED) is 0.594. The number of aromatic amines is 1. The number of para-hydroxylation sites is 1. The highest BCUT2D eigenvalue weighted by atomic mass is 16.4. The number of nitrogens with one attached hydrogen (secondary N) is 1. The van der Waals surface area contributed by atoms with Crippen LogP contribution in [0.15, 0.2) is 48.7 Å². The van der Waals surface area contributed by atoms with Crippen LogP contribution in [0.1, 0.15) is 5.56 Å². The number of carboxylic acids is 1. The van der Waals surface area contributed by atoms with Crippen LogP contribution in [0.2, 0.25) is 0 Å². The Hall–Kier alpha value is -2.79. The van der Waals surface area contributed by atoms with E-state index in [9.17, 15) is 9.90 Å². The van der Waals surface area contributed by atoms with Gasteiger partial charge in [0.1, 0.15) is 11.8 Å². The molecule has 0 aliphatic carbocycles. The van der Waals surface area contributed by atoms with E-state index in [4.69, 9.17) is 10.8 Å². The lowest BCUT2D eigenvalue weighted by Gasteiger charge is -2.12. The molecule has 22 heavy (non-hydrogen) atoms. The van der Waals surface area contributed by atoms with Crippen LogP contribution in [0.4, 0.5) is 0 Å². The molecule has 3 rings (SSSR count). The molecule has 0 spiro atoms. The van der Waals surface area contributed by atoms with Gasteiger partial charge in [-0.1, -0.05) is 24.3 Å². The number of fused-ring (bicyclic) bond motifs is 1. The number of benzene rings is 2. The fourth-order valence-electron chi connectivity index (χ4n) is 2.61. The fourth-order valence-corrected chi connectivity index (χ4v) is 2.61. The second-order valence-electron chi connectivity index (χ2n) is 5.24. The minimum absolute atomic E-state index is 0.132. The van der Waals surface area contributed by atoms with Crippen molar-refractivity contribution in [3.8, 4) is 16.9 Å². The van der Waals surface area contributed by atoms with Crippen molar-refractivity contribution in [2.45, 2.75) is 12.5 Å². The van der Waals surface area contributed by atoms with Crippen molar-refractivity contribution < 1.29 is 15.0 Å². The maximum absolute atomic E-state index is 11.0. The van der Waals surface area contributed by atoms with E-state index in [2.05, 4.69) is 4.98 Å². The molecule has 0 amide bonds. The molecule has 0 radical (unpaired) electrons. The van der Waals surface area contributed by atoms with Gasteiger partial charge in [0, 0.05) is 22.7 Å². The van der Waals surface area contributed by atoms with Gasteiger partial charge in [-0.3, -0.25) is 4.79 Å². The number of carboxylic acid groups (broad SMARTS) is 1. The molecule has 0 aliphatic rings. The third-order valence-electron chi connectivity index (χ3n) is 3.73. The summed E-state index contributed by atoms with van der Waals surface area (Å²) in [6.07, 6.45) is 2.06. The van der Waals surface area contributed by atoms with Gasteiger partial charge in [0.05, 0.1) is 0 Å². The third kappa shape index (κ3) is 2.54. The van der Waals surface area contributed by atoms with Gasteiger partial charge in [-0.25, -0.2) is 0 Å². The summed E-state index contributed by atoms with van der Waals surface area (Å²) in [5.41, 5.74) is 9.12. The van der Waals surface area contributed by atoms with Crippen molar-refractivity contribution >= 4 is 16.9 Å². The van der Waals surface area contributed by atoms with Crippen molar-refractivity contribution in [1.29, 1.82) is 0 Å². The number of hydrogen-bond donors (Lipinski definition) is 4. The van der Waals surface area contributed by atoms with E-state index in [-0.39, 0.29) is 12.2 Å². The Bertz CT molecular complexity index is 839. The Kier molecular flexibility index (Phi) is 3.56. The smallest absolute Gasteiger partial charge is 0.320 e. The maximum Gasteiger partial charge on any atom is 0.320 e. The third-order valence-corrected chi connectivity index (χ3v) is 3.73. The number of aromatic hydroxyl groups is 1. The van der Waals surface area contributed by atoms with Gasteiger partial charge in [-0.15, -0.1) is 0 Å². The molecule has 1 heterocycles. The number of nitrogens with two attached hydrogens (primary N) is 1. The first-order valence-corrected chi connectivity index (χ1v) is 6.93. The number of hydrogen-bond acceptors (Lipinski definition) is 3. The second-order valence-corrected chi connectivity index (χ2v) is 5.24. The summed E-state index contributed by atoms with van der Waals surface area (Å²) in [6, 6.07) is 11.7. The number of carbonyl (C=O) groups is 1. The minimum atomic E-state index is -1.04. The minimum Gasteiger partial charge on any atom is -0.508 e. The molecular formula is C17H16N2O3. The number of H-pyrrole nitrogens is 1. The maximum atomic E-state index is 11.0. The van der Waals surface area contributed by atoms with Crippen molar-refractivity contribution in [3.63, 3.8) is 0 Å². The molecule has 2 aromatic carbocycles. The standard InChI is InChI=1S/C17H16N2O3/c18-15(17(21)22)7-10-5-6-11(20)8-13(10)14-9-19-16-4-2-1-3-12(14)16/h1-6,8-9,15,19-20H,7,18H2,(H,21,22). The predicted molar refractivity (Wildman–Crippen MR) is 84.7 cm³/mol. The molecule has 1 unspecified atom stereocenters. The monoisotopic (exact) mass is 296 g/mol. The van der Waals surface area contributed by atoms with E-state index < -0.39 is 12.0 Å². The zero-order valence-corrected chi connectivity index (χ0v) is 11.8. The highest BCUT2D eigenvalue weighted by Gasteiger charge is 2.17. The molecule has 0 saturated heterocycles. The fraction of sp³-hybridized carbons (Fsp3) is 0.118. The number of phenols is 1. The Morgan fingerprint density at radius 3 is 2.73 bits per heavy atom. The largest absolute Gasteiger partial charge is 0.508 e. The lowest BCUT2D eigenvalue weighted by atomic mass is 9.94. The van der Waals surface area contributed by atoms with E-state index in [1.165, 1.54) is 0 Å². The summed E-state index contributed by atoms with van der Waals surface area (Å²) < 4.78 is 0. The van der Waals surface area contributed by atoms with E-state index in [0.717, 1.165) is 27.6 Å². The Balaban J connectivity index is 2.13. The average molecular weight is 296 g/mol.